The van der Waals surface area contributed by atoms with Gasteiger partial charge in [0.2, 0.25) is 0 Å². The second kappa shape index (κ2) is 11.5. The molecule has 7 atom stereocenters. The van der Waals surface area contributed by atoms with Crippen LogP contribution in [-0.4, -0.2) is 76.9 Å². The summed E-state index contributed by atoms with van der Waals surface area (Å²) in [4.78, 5) is 30.0. The topological polar surface area (TPSA) is 92.8 Å². The summed E-state index contributed by atoms with van der Waals surface area (Å²) < 4.78 is 38.8. The molecule has 9 nitrogen and oxygen atoms in total. The molecule has 3 heterocycles. The van der Waals surface area contributed by atoms with Gasteiger partial charge < -0.3 is 33.0 Å². The van der Waals surface area contributed by atoms with E-state index in [4.69, 9.17) is 28.1 Å². The predicted molar refractivity (Wildman–Crippen MR) is 194 cm³/mol. The average Bonchev–Trinajstić information content (AvgIpc) is 3.07. The highest BCUT2D eigenvalue weighted by molar-refractivity contribution is 6.74. The Hall–Kier alpha value is -4.06. The summed E-state index contributed by atoms with van der Waals surface area (Å²) in [5, 5.41) is 6.03. The monoisotopic (exact) mass is 693 g/mol. The van der Waals surface area contributed by atoms with Crippen LogP contribution in [0.5, 0.6) is 0 Å². The number of esters is 2. The third kappa shape index (κ3) is 5.27. The average molecular weight is 694 g/mol. The number of benzene rings is 5. The minimum absolute atomic E-state index is 0.143. The maximum atomic E-state index is 14.3. The van der Waals surface area contributed by atoms with Gasteiger partial charge in [0.15, 0.2) is 20.5 Å². The molecule has 260 valence electrons. The Balaban J connectivity index is 1.17. The number of rotatable bonds is 7. The summed E-state index contributed by atoms with van der Waals surface area (Å²) in [6, 6.07) is 25.4. The highest BCUT2D eigenvalue weighted by Gasteiger charge is 2.69. The van der Waals surface area contributed by atoms with Gasteiger partial charge in [-0.2, -0.15) is 0 Å². The lowest BCUT2D eigenvalue weighted by Crippen LogP contribution is -2.80. The number of anilines is 1. The van der Waals surface area contributed by atoms with Crippen LogP contribution in [0.4, 0.5) is 5.69 Å². The fourth-order valence-electron chi connectivity index (χ4n) is 7.46. The van der Waals surface area contributed by atoms with E-state index >= 15 is 0 Å². The van der Waals surface area contributed by atoms with Gasteiger partial charge in [-0.25, -0.2) is 9.59 Å². The van der Waals surface area contributed by atoms with Gasteiger partial charge in [0.1, 0.15) is 24.4 Å². The molecule has 0 N–H and O–H groups in total. The van der Waals surface area contributed by atoms with Crippen molar-refractivity contribution in [1.29, 1.82) is 0 Å². The molecule has 5 aromatic carbocycles. The molecule has 9 rings (SSSR count). The molecule has 4 bridgehead atoms. The van der Waals surface area contributed by atoms with Crippen molar-refractivity contribution in [2.24, 2.45) is 0 Å². The van der Waals surface area contributed by atoms with E-state index in [0.29, 0.717) is 11.1 Å². The SMILES string of the molecule is CN(C)c1ccc(C(=O)O[C@@H]2[C@H]3OC4(C)O[C@H]([C@H]3OC(=O)c3ccc5ccc6cccc7ccc3c5c67)[C@@H](O[Si](C)(C)C(C)(C)C)[C@H]2O4)cc1. The van der Waals surface area contributed by atoms with Gasteiger partial charge in [-0.3, -0.25) is 0 Å². The first-order chi connectivity index (χ1) is 23.6. The highest BCUT2D eigenvalue weighted by atomic mass is 28.4. The van der Waals surface area contributed by atoms with Gasteiger partial charge in [-0.1, -0.05) is 69.3 Å². The fourth-order valence-corrected chi connectivity index (χ4v) is 8.76. The van der Waals surface area contributed by atoms with Gasteiger partial charge >= 0.3 is 11.9 Å². The quantitative estimate of drug-likeness (QED) is 0.0968. The second-order valence-corrected chi connectivity index (χ2v) is 20.4. The van der Waals surface area contributed by atoms with Gasteiger partial charge in [-0.05, 0) is 80.8 Å². The Bertz CT molecular complexity index is 2110. The van der Waals surface area contributed by atoms with E-state index < -0.39 is 62.9 Å². The Labute approximate surface area is 292 Å². The maximum Gasteiger partial charge on any atom is 0.339 e. The van der Waals surface area contributed by atoms with Crippen LogP contribution in [-0.2, 0) is 28.1 Å². The number of carbonyl (C=O) groups excluding carboxylic acids is 2. The number of ether oxygens (including phenoxy) is 5. The zero-order chi connectivity index (χ0) is 35.3. The van der Waals surface area contributed by atoms with Crippen molar-refractivity contribution in [1.82, 2.24) is 0 Å². The first-order valence-corrected chi connectivity index (χ1v) is 20.1. The zero-order valence-corrected chi connectivity index (χ0v) is 30.7. The molecule has 0 spiro atoms. The van der Waals surface area contributed by atoms with Crippen molar-refractivity contribution in [2.45, 2.75) is 88.4 Å². The lowest BCUT2D eigenvalue weighted by molar-refractivity contribution is -0.528. The third-order valence-corrected chi connectivity index (χ3v) is 15.6. The molecule has 4 aliphatic rings. The smallest absolute Gasteiger partial charge is 0.339 e. The van der Waals surface area contributed by atoms with Gasteiger partial charge in [0.25, 0.3) is 5.97 Å². The molecule has 1 unspecified atom stereocenters. The predicted octanol–water partition coefficient (Wildman–Crippen LogP) is 7.66. The van der Waals surface area contributed by atoms with Crippen molar-refractivity contribution < 1.29 is 37.7 Å². The summed E-state index contributed by atoms with van der Waals surface area (Å²) >= 11 is 0. The normalized spacial score (nSPS) is 27.7. The molecule has 0 radical (unpaired) electrons. The molecule has 0 amide bonds. The molecule has 3 aliphatic heterocycles. The standard InChI is InChI=1S/C40H43NO8Si/c1-39(2,3)50(7,8)49-36-34-31(44-37(42)25-14-18-26(19-15-25)41(5)6)33-32(35(36)48-40(4,46-33)47-34)45-38(43)28-21-17-24-13-12-22-10-9-11-23-16-20-27(28)30(24)29(22)23/h9-21,31-36H,1-8H3/t31-,32+,33-,34+,35-,36+,40?/m1/s1. The van der Waals surface area contributed by atoms with Crippen LogP contribution in [0.3, 0.4) is 0 Å². The molecular formula is C40H43NO8Si. The van der Waals surface area contributed by atoms with E-state index in [2.05, 4.69) is 58.1 Å². The molecule has 10 heteroatoms. The van der Waals surface area contributed by atoms with E-state index in [0.717, 1.165) is 38.0 Å². The summed E-state index contributed by atoms with van der Waals surface area (Å²) in [5.74, 6) is -2.47. The molecule has 50 heavy (non-hydrogen) atoms. The molecular weight excluding hydrogens is 651 g/mol. The van der Waals surface area contributed by atoms with Crippen LogP contribution in [0.25, 0.3) is 32.3 Å². The first kappa shape index (κ1) is 33.1. The number of nitrogens with zero attached hydrogens (tertiary/aromatic N) is 1. The summed E-state index contributed by atoms with van der Waals surface area (Å²) in [6.45, 7) is 12.5. The Morgan fingerprint density at radius 2 is 1.22 bits per heavy atom. The van der Waals surface area contributed by atoms with Crippen molar-refractivity contribution in [2.75, 3.05) is 19.0 Å². The van der Waals surface area contributed by atoms with E-state index in [9.17, 15) is 9.59 Å². The van der Waals surface area contributed by atoms with Gasteiger partial charge in [-0.15, -0.1) is 0 Å². The Kier molecular flexibility index (Phi) is 7.60. The molecule has 3 saturated heterocycles. The summed E-state index contributed by atoms with van der Waals surface area (Å²) in [5.41, 5.74) is 1.77. The maximum absolute atomic E-state index is 14.3. The summed E-state index contributed by atoms with van der Waals surface area (Å²) in [7, 11) is 1.44. The van der Waals surface area contributed by atoms with Crippen LogP contribution in [0.15, 0.2) is 78.9 Å². The third-order valence-electron chi connectivity index (χ3n) is 11.1. The lowest BCUT2D eigenvalue weighted by Gasteiger charge is -2.62. The fraction of sp³-hybridized carbons (Fsp3) is 0.400. The number of carbonyl (C=O) groups is 2. The first-order valence-electron chi connectivity index (χ1n) is 17.2. The Morgan fingerprint density at radius 1 is 0.700 bits per heavy atom. The van der Waals surface area contributed by atoms with Crippen molar-refractivity contribution in [3.8, 4) is 0 Å². The second-order valence-electron chi connectivity index (χ2n) is 15.6. The number of hydrogen-bond donors (Lipinski definition) is 0. The van der Waals surface area contributed by atoms with Crippen molar-refractivity contribution in [3.05, 3.63) is 90.0 Å². The van der Waals surface area contributed by atoms with Crippen LogP contribution in [0, 0.1) is 0 Å². The van der Waals surface area contributed by atoms with Crippen LogP contribution in [0.1, 0.15) is 48.4 Å². The largest absolute Gasteiger partial charge is 0.453 e. The molecule has 1 aliphatic carbocycles. The van der Waals surface area contributed by atoms with Crippen LogP contribution < -0.4 is 4.90 Å². The summed E-state index contributed by atoms with van der Waals surface area (Å²) in [6.07, 6.45) is -4.84. The van der Waals surface area contributed by atoms with E-state index in [1.165, 1.54) is 0 Å². The van der Waals surface area contributed by atoms with Crippen molar-refractivity contribution >= 4 is 58.3 Å². The lowest BCUT2D eigenvalue weighted by atomic mass is 9.81. The molecule has 1 saturated carbocycles. The van der Waals surface area contributed by atoms with Crippen LogP contribution >= 0.6 is 0 Å². The van der Waals surface area contributed by atoms with E-state index in [1.54, 1.807) is 19.1 Å². The molecule has 4 fully saturated rings. The molecule has 0 aromatic heterocycles. The minimum Gasteiger partial charge on any atom is -0.453 e. The van der Waals surface area contributed by atoms with Gasteiger partial charge in [0, 0.05) is 26.7 Å². The number of hydrogen-bond acceptors (Lipinski definition) is 9. The highest BCUT2D eigenvalue weighted by Crippen LogP contribution is 2.51. The van der Waals surface area contributed by atoms with E-state index in [1.807, 2.05) is 61.5 Å². The molecule has 5 aromatic rings. The zero-order valence-electron chi connectivity index (χ0n) is 29.7. The van der Waals surface area contributed by atoms with Crippen molar-refractivity contribution in [3.63, 3.8) is 0 Å². The van der Waals surface area contributed by atoms with E-state index in [-0.39, 0.29) is 5.04 Å². The Morgan fingerprint density at radius 3 is 1.80 bits per heavy atom. The van der Waals surface area contributed by atoms with Crippen LogP contribution in [0.2, 0.25) is 18.1 Å². The van der Waals surface area contributed by atoms with Gasteiger partial charge in [0.05, 0.1) is 11.1 Å². The minimum atomic E-state index is -2.43.